The summed E-state index contributed by atoms with van der Waals surface area (Å²) in [5.41, 5.74) is 0.918. The maximum atomic E-state index is 12.9. The number of likely N-dealkylation sites (tertiary alicyclic amines) is 1. The molecule has 152 valence electrons. The summed E-state index contributed by atoms with van der Waals surface area (Å²) in [6, 6.07) is 12.7. The van der Waals surface area contributed by atoms with Crippen molar-refractivity contribution in [1.82, 2.24) is 4.90 Å². The van der Waals surface area contributed by atoms with Crippen LogP contribution in [0.5, 0.6) is 5.75 Å². The van der Waals surface area contributed by atoms with E-state index in [-0.39, 0.29) is 11.5 Å². The van der Waals surface area contributed by atoms with E-state index in [0.29, 0.717) is 24.3 Å². The van der Waals surface area contributed by atoms with Crippen molar-refractivity contribution in [2.24, 2.45) is 5.41 Å². The third kappa shape index (κ3) is 3.68. The molecular formula is C22H24N2O5. The van der Waals surface area contributed by atoms with Gasteiger partial charge >= 0.3 is 12.0 Å². The highest BCUT2D eigenvalue weighted by atomic mass is 16.5. The van der Waals surface area contributed by atoms with E-state index in [1.54, 1.807) is 6.07 Å². The quantitative estimate of drug-likeness (QED) is 0.711. The molecule has 0 aliphatic carbocycles. The first kappa shape index (κ1) is 20.4. The van der Waals surface area contributed by atoms with E-state index in [9.17, 15) is 14.4 Å². The molecule has 0 saturated carbocycles. The van der Waals surface area contributed by atoms with Crippen LogP contribution in [0.2, 0.25) is 0 Å². The lowest BCUT2D eigenvalue weighted by atomic mass is 9.72. The summed E-state index contributed by atoms with van der Waals surface area (Å²) in [4.78, 5) is 37.8. The van der Waals surface area contributed by atoms with Crippen LogP contribution < -0.4 is 10.1 Å². The molecule has 1 aliphatic rings. The zero-order valence-electron chi connectivity index (χ0n) is 16.6. The summed E-state index contributed by atoms with van der Waals surface area (Å²) >= 11 is 0. The maximum absolute atomic E-state index is 12.9. The molecule has 29 heavy (non-hydrogen) atoms. The fraction of sp³-hybridized carbons (Fsp3) is 0.318. The van der Waals surface area contributed by atoms with Crippen molar-refractivity contribution in [3.63, 3.8) is 0 Å². The standard InChI is InChI=1S/C22H24N2O5/c1-4-22(5-2)19(27)24(21(28)23-16-8-6-7-14(3)13-16)20(22)29-17-11-9-15(10-12-17)18(25)26/h6-13,20H,4-5H2,1-3H3,(H,23,28)(H,25,26). The third-order valence-corrected chi connectivity index (χ3v) is 5.45. The van der Waals surface area contributed by atoms with Gasteiger partial charge in [0.1, 0.15) is 11.2 Å². The Bertz CT molecular complexity index is 934. The Morgan fingerprint density at radius 2 is 1.79 bits per heavy atom. The Morgan fingerprint density at radius 3 is 2.34 bits per heavy atom. The number of carbonyl (C=O) groups is 3. The molecule has 0 aromatic heterocycles. The first-order chi connectivity index (χ1) is 13.8. The minimum absolute atomic E-state index is 0.133. The van der Waals surface area contributed by atoms with Gasteiger partial charge in [0.25, 0.3) is 0 Å². The monoisotopic (exact) mass is 396 g/mol. The summed E-state index contributed by atoms with van der Waals surface area (Å²) < 4.78 is 6.00. The van der Waals surface area contributed by atoms with Crippen molar-refractivity contribution in [2.45, 2.75) is 39.8 Å². The number of nitrogens with zero attached hydrogens (tertiary/aromatic N) is 1. The number of amides is 3. The molecule has 0 radical (unpaired) electrons. The Balaban J connectivity index is 1.84. The number of hydrogen-bond acceptors (Lipinski definition) is 4. The predicted molar refractivity (Wildman–Crippen MR) is 108 cm³/mol. The number of rotatable bonds is 6. The molecule has 0 spiro atoms. The number of benzene rings is 2. The zero-order valence-corrected chi connectivity index (χ0v) is 16.6. The van der Waals surface area contributed by atoms with Crippen LogP contribution >= 0.6 is 0 Å². The molecule has 1 aliphatic heterocycles. The highest BCUT2D eigenvalue weighted by Gasteiger charge is 2.62. The Morgan fingerprint density at radius 1 is 1.14 bits per heavy atom. The molecule has 3 rings (SSSR count). The number of carboxylic acids is 1. The molecule has 2 N–H and O–H groups in total. The number of carbonyl (C=O) groups excluding carboxylic acids is 2. The van der Waals surface area contributed by atoms with Crippen LogP contribution in [0.4, 0.5) is 10.5 Å². The van der Waals surface area contributed by atoms with E-state index in [1.165, 1.54) is 24.3 Å². The van der Waals surface area contributed by atoms with Gasteiger partial charge in [0.2, 0.25) is 5.91 Å². The van der Waals surface area contributed by atoms with Crippen LogP contribution in [0.25, 0.3) is 0 Å². The molecule has 1 saturated heterocycles. The van der Waals surface area contributed by atoms with E-state index in [0.717, 1.165) is 10.5 Å². The highest BCUT2D eigenvalue weighted by molar-refractivity contribution is 6.07. The van der Waals surface area contributed by atoms with Crippen LogP contribution in [0, 0.1) is 12.3 Å². The number of aromatic carboxylic acids is 1. The third-order valence-electron chi connectivity index (χ3n) is 5.45. The first-order valence-electron chi connectivity index (χ1n) is 9.53. The molecule has 7 nitrogen and oxygen atoms in total. The minimum Gasteiger partial charge on any atom is -0.478 e. The first-order valence-corrected chi connectivity index (χ1v) is 9.53. The van der Waals surface area contributed by atoms with E-state index in [4.69, 9.17) is 9.84 Å². The van der Waals surface area contributed by atoms with Crippen molar-refractivity contribution in [1.29, 1.82) is 0 Å². The second kappa shape index (κ2) is 7.95. The second-order valence-electron chi connectivity index (χ2n) is 7.14. The number of ether oxygens (including phenoxy) is 1. The number of hydrogen-bond donors (Lipinski definition) is 2. The van der Waals surface area contributed by atoms with Gasteiger partial charge in [-0.3, -0.25) is 4.79 Å². The van der Waals surface area contributed by atoms with Gasteiger partial charge < -0.3 is 15.2 Å². The number of imide groups is 1. The topological polar surface area (TPSA) is 95.9 Å². The zero-order chi connectivity index (χ0) is 21.2. The van der Waals surface area contributed by atoms with Gasteiger partial charge in [-0.25, -0.2) is 14.5 Å². The summed E-state index contributed by atoms with van der Waals surface area (Å²) in [6.45, 7) is 5.69. The van der Waals surface area contributed by atoms with Gasteiger partial charge in [-0.15, -0.1) is 0 Å². The van der Waals surface area contributed by atoms with Crippen LogP contribution in [0.3, 0.4) is 0 Å². The summed E-state index contributed by atoms with van der Waals surface area (Å²) in [5, 5.41) is 11.8. The second-order valence-corrected chi connectivity index (χ2v) is 7.14. The van der Waals surface area contributed by atoms with E-state index >= 15 is 0 Å². The number of anilines is 1. The number of aryl methyl sites for hydroxylation is 1. The molecule has 0 bridgehead atoms. The van der Waals surface area contributed by atoms with Crippen molar-refractivity contribution in [3.8, 4) is 5.75 Å². The smallest absolute Gasteiger partial charge is 0.335 e. The summed E-state index contributed by atoms with van der Waals surface area (Å²) in [7, 11) is 0. The van der Waals surface area contributed by atoms with Gasteiger partial charge in [-0.1, -0.05) is 26.0 Å². The lowest BCUT2D eigenvalue weighted by Crippen LogP contribution is -2.73. The Kier molecular flexibility index (Phi) is 5.59. The molecule has 1 unspecified atom stereocenters. The average molecular weight is 396 g/mol. The van der Waals surface area contributed by atoms with E-state index in [2.05, 4.69) is 5.32 Å². The lowest BCUT2D eigenvalue weighted by molar-refractivity contribution is -0.190. The van der Waals surface area contributed by atoms with Crippen molar-refractivity contribution < 1.29 is 24.2 Å². The Labute approximate surface area is 169 Å². The summed E-state index contributed by atoms with van der Waals surface area (Å²) in [5.74, 6) is -0.919. The van der Waals surface area contributed by atoms with Gasteiger partial charge in [0.15, 0.2) is 6.23 Å². The van der Waals surface area contributed by atoms with Crippen molar-refractivity contribution in [2.75, 3.05) is 5.32 Å². The average Bonchev–Trinajstić information content (AvgIpc) is 2.69. The fourth-order valence-electron chi connectivity index (χ4n) is 3.61. The molecule has 7 heteroatoms. The van der Waals surface area contributed by atoms with Crippen LogP contribution in [0.15, 0.2) is 48.5 Å². The summed E-state index contributed by atoms with van der Waals surface area (Å²) in [6.07, 6.45) is 0.272. The van der Waals surface area contributed by atoms with Gasteiger partial charge in [0, 0.05) is 5.69 Å². The van der Waals surface area contributed by atoms with Gasteiger partial charge in [-0.05, 0) is 61.7 Å². The number of carboxylic acid groups (broad SMARTS) is 1. The van der Waals surface area contributed by atoms with Crippen LogP contribution in [0.1, 0.15) is 42.6 Å². The van der Waals surface area contributed by atoms with Crippen LogP contribution in [-0.2, 0) is 4.79 Å². The van der Waals surface area contributed by atoms with Gasteiger partial charge in [-0.2, -0.15) is 0 Å². The maximum Gasteiger partial charge on any atom is 0.335 e. The molecule has 1 heterocycles. The molecule has 2 aromatic carbocycles. The molecule has 3 amide bonds. The van der Waals surface area contributed by atoms with Crippen LogP contribution in [-0.4, -0.2) is 34.1 Å². The molecular weight excluding hydrogens is 372 g/mol. The highest BCUT2D eigenvalue weighted by Crippen LogP contribution is 2.46. The molecule has 1 fully saturated rings. The normalized spacial score (nSPS) is 17.4. The minimum atomic E-state index is -1.04. The predicted octanol–water partition coefficient (Wildman–Crippen LogP) is 4.28. The molecule has 2 aromatic rings. The largest absolute Gasteiger partial charge is 0.478 e. The van der Waals surface area contributed by atoms with Gasteiger partial charge in [0.05, 0.1) is 5.56 Å². The number of β-lactam (4-membered cyclic amide) rings is 1. The SMILES string of the molecule is CCC1(CC)C(=O)N(C(=O)Nc2cccc(C)c2)C1Oc1ccc(C(=O)O)cc1. The Hall–Kier alpha value is -3.35. The lowest BCUT2D eigenvalue weighted by Gasteiger charge is -2.53. The van der Waals surface area contributed by atoms with E-state index < -0.39 is 23.6 Å². The van der Waals surface area contributed by atoms with Crippen molar-refractivity contribution in [3.05, 3.63) is 59.7 Å². The molecule has 1 atom stereocenters. The van der Waals surface area contributed by atoms with Crippen molar-refractivity contribution >= 4 is 23.6 Å². The number of urea groups is 1. The fourth-order valence-corrected chi connectivity index (χ4v) is 3.61. The number of nitrogens with one attached hydrogen (secondary N) is 1. The van der Waals surface area contributed by atoms with E-state index in [1.807, 2.05) is 39.0 Å².